The molecule has 2 aliphatic rings. The van der Waals surface area contributed by atoms with E-state index in [1.165, 1.54) is 0 Å². The van der Waals surface area contributed by atoms with E-state index >= 15 is 0 Å². The maximum absolute atomic E-state index is 12.7. The van der Waals surface area contributed by atoms with Crippen LogP contribution < -0.4 is 10.1 Å². The van der Waals surface area contributed by atoms with E-state index < -0.39 is 6.09 Å². The summed E-state index contributed by atoms with van der Waals surface area (Å²) in [6.07, 6.45) is 1.13. The Morgan fingerprint density at radius 3 is 2.96 bits per heavy atom. The first kappa shape index (κ1) is 15.3. The van der Waals surface area contributed by atoms with Gasteiger partial charge in [-0.15, -0.1) is 0 Å². The van der Waals surface area contributed by atoms with Gasteiger partial charge in [0.2, 0.25) is 5.88 Å². The van der Waals surface area contributed by atoms with Crippen LogP contribution in [0.3, 0.4) is 0 Å². The van der Waals surface area contributed by atoms with Gasteiger partial charge in [-0.05, 0) is 18.9 Å². The number of carbonyl (C=O) groups is 2. The molecule has 23 heavy (non-hydrogen) atoms. The summed E-state index contributed by atoms with van der Waals surface area (Å²) in [5.41, 5.74) is 1.39. The van der Waals surface area contributed by atoms with Crippen molar-refractivity contribution < 1.29 is 23.8 Å². The summed E-state index contributed by atoms with van der Waals surface area (Å²) >= 11 is 0. The highest BCUT2D eigenvalue weighted by Gasteiger charge is 2.39. The lowest BCUT2D eigenvalue weighted by atomic mass is 10.2. The second kappa shape index (κ2) is 6.23. The van der Waals surface area contributed by atoms with Crippen molar-refractivity contribution in [1.29, 1.82) is 0 Å². The average Bonchev–Trinajstić information content (AvgIpc) is 3.32. The van der Waals surface area contributed by atoms with E-state index in [1.807, 2.05) is 4.90 Å². The number of halogens is 1. The van der Waals surface area contributed by atoms with Crippen molar-refractivity contribution in [2.45, 2.75) is 25.4 Å². The van der Waals surface area contributed by atoms with Gasteiger partial charge >= 0.3 is 6.09 Å². The summed E-state index contributed by atoms with van der Waals surface area (Å²) in [5.74, 6) is 0.278. The minimum atomic E-state index is -1.24. The first-order valence-corrected chi connectivity index (χ1v) is 7.27. The molecule has 2 heterocycles. The molecule has 0 saturated heterocycles. The monoisotopic (exact) mass is 321 g/mol. The first-order chi connectivity index (χ1) is 11.1. The summed E-state index contributed by atoms with van der Waals surface area (Å²) in [6, 6.07) is 3.55. The van der Waals surface area contributed by atoms with Gasteiger partial charge in [-0.2, -0.15) is 0 Å². The Bertz CT molecular complexity index is 673. The molecular weight excluding hydrogens is 305 g/mol. The number of aromatic nitrogens is 1. The molecule has 0 bridgehead atoms. The van der Waals surface area contributed by atoms with Gasteiger partial charge in [0.25, 0.3) is 5.91 Å². The van der Waals surface area contributed by atoms with Crippen molar-refractivity contribution in [3.63, 3.8) is 0 Å². The van der Waals surface area contributed by atoms with Crippen LogP contribution in [0.25, 0.3) is 0 Å². The van der Waals surface area contributed by atoms with Crippen molar-refractivity contribution in [3.8, 4) is 5.88 Å². The molecule has 1 fully saturated rings. The molecule has 1 saturated carbocycles. The Labute approximate surface area is 131 Å². The van der Waals surface area contributed by atoms with Crippen molar-refractivity contribution in [3.05, 3.63) is 35.3 Å². The molecule has 2 amide bonds. The van der Waals surface area contributed by atoms with E-state index in [1.54, 1.807) is 12.1 Å². The van der Waals surface area contributed by atoms with Gasteiger partial charge in [0.15, 0.2) is 0 Å². The lowest BCUT2D eigenvalue weighted by Crippen LogP contribution is -2.25. The van der Waals surface area contributed by atoms with Gasteiger partial charge < -0.3 is 20.1 Å². The maximum Gasteiger partial charge on any atom is 0.404 e. The smallest absolute Gasteiger partial charge is 0.404 e. The molecule has 1 aromatic heterocycles. The van der Waals surface area contributed by atoms with E-state index in [0.29, 0.717) is 30.2 Å². The van der Waals surface area contributed by atoms with E-state index in [-0.39, 0.29) is 30.5 Å². The predicted octanol–water partition coefficient (Wildman–Crippen LogP) is 1.70. The Morgan fingerprint density at radius 2 is 2.30 bits per heavy atom. The zero-order chi connectivity index (χ0) is 16.4. The number of fused-ring (bicyclic) bond motifs is 1. The highest BCUT2D eigenvalue weighted by Crippen LogP contribution is 2.34. The van der Waals surface area contributed by atoms with Crippen LogP contribution in [0.15, 0.2) is 24.0 Å². The predicted molar refractivity (Wildman–Crippen MR) is 77.8 cm³/mol. The Hall–Kier alpha value is -2.64. The number of nitrogens with zero attached hydrogens (tertiary/aromatic N) is 2. The lowest BCUT2D eigenvalue weighted by molar-refractivity contribution is 0.0766. The Kier molecular flexibility index (Phi) is 4.14. The van der Waals surface area contributed by atoms with Crippen molar-refractivity contribution in [1.82, 2.24) is 15.2 Å². The molecule has 7 nitrogen and oxygen atoms in total. The molecule has 2 N–H and O–H groups in total. The summed E-state index contributed by atoms with van der Waals surface area (Å²) in [7, 11) is 0. The van der Waals surface area contributed by atoms with Crippen LogP contribution in [0.5, 0.6) is 5.88 Å². The van der Waals surface area contributed by atoms with Crippen molar-refractivity contribution >= 4 is 12.0 Å². The van der Waals surface area contributed by atoms with Gasteiger partial charge in [0.05, 0.1) is 24.1 Å². The van der Waals surface area contributed by atoms with Gasteiger partial charge in [-0.3, -0.25) is 4.79 Å². The molecule has 0 aromatic carbocycles. The number of hydrogen-bond donors (Lipinski definition) is 2. The van der Waals surface area contributed by atoms with Crippen molar-refractivity contribution in [2.75, 3.05) is 13.2 Å². The Morgan fingerprint density at radius 1 is 1.52 bits per heavy atom. The minimum absolute atomic E-state index is 0.00319. The van der Waals surface area contributed by atoms with Crippen LogP contribution in [0.4, 0.5) is 9.18 Å². The number of carboxylic acid groups (broad SMARTS) is 1. The number of rotatable bonds is 6. The first-order valence-electron chi connectivity index (χ1n) is 7.27. The van der Waals surface area contributed by atoms with Gasteiger partial charge in [0.1, 0.15) is 6.61 Å². The third kappa shape index (κ3) is 3.41. The third-order valence-corrected chi connectivity index (χ3v) is 3.77. The molecule has 8 heteroatoms. The summed E-state index contributed by atoms with van der Waals surface area (Å²) in [4.78, 5) is 28.7. The van der Waals surface area contributed by atoms with Gasteiger partial charge in [-0.25, -0.2) is 14.2 Å². The molecule has 0 atom stereocenters. The fraction of sp³-hybridized carbons (Fsp3) is 0.400. The van der Waals surface area contributed by atoms with Crippen LogP contribution in [-0.2, 0) is 6.54 Å². The van der Waals surface area contributed by atoms with Gasteiger partial charge in [-0.1, -0.05) is 0 Å². The van der Waals surface area contributed by atoms with Crippen LogP contribution in [-0.4, -0.2) is 46.2 Å². The highest BCUT2D eigenvalue weighted by atomic mass is 19.1. The number of carbonyl (C=O) groups excluding carboxylic acids is 1. The lowest BCUT2D eigenvalue weighted by Gasteiger charge is -2.12. The molecule has 122 valence electrons. The van der Waals surface area contributed by atoms with Crippen molar-refractivity contribution in [2.24, 2.45) is 0 Å². The molecule has 3 rings (SSSR count). The number of amides is 2. The highest BCUT2D eigenvalue weighted by molar-refractivity contribution is 5.98. The molecular formula is C15H16FN3O4. The van der Waals surface area contributed by atoms with Gasteiger partial charge in [0, 0.05) is 24.2 Å². The molecule has 1 aromatic rings. The normalized spacial score (nSPS) is 17.2. The Balaban J connectivity index is 1.61. The standard InChI is InChI=1S/C15H16FN3O4/c16-5-9(6-17-15(21)22)8-23-13-4-3-11-12(18-13)7-19(14(11)20)10-1-2-10/h3-5,10,17H,1-2,6-8H2,(H,21,22)/b9-5+. The summed E-state index contributed by atoms with van der Waals surface area (Å²) in [6.45, 7) is 0.190. The molecule has 1 aliphatic heterocycles. The fourth-order valence-corrected chi connectivity index (χ4v) is 2.42. The number of nitrogens with one attached hydrogen (secondary N) is 1. The molecule has 0 unspecified atom stereocenters. The number of ether oxygens (including phenoxy) is 1. The second-order valence-corrected chi connectivity index (χ2v) is 5.52. The van der Waals surface area contributed by atoms with E-state index in [4.69, 9.17) is 9.84 Å². The average molecular weight is 321 g/mol. The second-order valence-electron chi connectivity index (χ2n) is 5.52. The zero-order valence-electron chi connectivity index (χ0n) is 12.3. The largest absolute Gasteiger partial charge is 0.473 e. The van der Waals surface area contributed by atoms with Crippen LogP contribution in [0.2, 0.25) is 0 Å². The van der Waals surface area contributed by atoms with Crippen LogP contribution in [0, 0.1) is 0 Å². The van der Waals surface area contributed by atoms with Crippen LogP contribution in [0.1, 0.15) is 28.9 Å². The number of pyridine rings is 1. The van der Waals surface area contributed by atoms with E-state index in [0.717, 1.165) is 12.8 Å². The summed E-state index contributed by atoms with van der Waals surface area (Å²) in [5, 5.41) is 10.6. The van der Waals surface area contributed by atoms with E-state index in [9.17, 15) is 14.0 Å². The fourth-order valence-electron chi connectivity index (χ4n) is 2.42. The maximum atomic E-state index is 12.7. The zero-order valence-corrected chi connectivity index (χ0v) is 12.3. The molecule has 0 spiro atoms. The molecule has 1 aliphatic carbocycles. The minimum Gasteiger partial charge on any atom is -0.473 e. The SMILES string of the molecule is O=C(O)NC/C(=C\F)COc1ccc2c(n1)CN(C1CC1)C2=O. The van der Waals surface area contributed by atoms with E-state index in [2.05, 4.69) is 10.3 Å². The topological polar surface area (TPSA) is 91.8 Å². The third-order valence-electron chi connectivity index (χ3n) is 3.77. The molecule has 0 radical (unpaired) electrons. The number of hydrogen-bond acceptors (Lipinski definition) is 4. The quantitative estimate of drug-likeness (QED) is 0.832. The van der Waals surface area contributed by atoms with Crippen LogP contribution >= 0.6 is 0 Å². The summed E-state index contributed by atoms with van der Waals surface area (Å²) < 4.78 is 18.1.